The lowest BCUT2D eigenvalue weighted by molar-refractivity contribution is -0.138. The van der Waals surface area contributed by atoms with E-state index in [1.54, 1.807) is 17.2 Å². The van der Waals surface area contributed by atoms with E-state index < -0.39 is 35.2 Å². The fourth-order valence-electron chi connectivity index (χ4n) is 6.46. The molecule has 0 spiro atoms. The Balaban J connectivity index is 1.26. The second kappa shape index (κ2) is 17.0. The second-order valence-electron chi connectivity index (χ2n) is 13.3. The van der Waals surface area contributed by atoms with Gasteiger partial charge in [0.2, 0.25) is 11.8 Å². The number of benzene rings is 4. The first-order valence-corrected chi connectivity index (χ1v) is 17.6. The molecule has 5 aromatic rings. The van der Waals surface area contributed by atoms with Crippen molar-refractivity contribution in [2.45, 2.75) is 32.6 Å². The van der Waals surface area contributed by atoms with Crippen LogP contribution < -0.4 is 5.32 Å². The number of piperazine rings is 1. The van der Waals surface area contributed by atoms with Crippen LogP contribution in [0.4, 0.5) is 22.0 Å². The molecule has 0 radical (unpaired) electrons. The van der Waals surface area contributed by atoms with Gasteiger partial charge in [-0.15, -0.1) is 0 Å². The molecule has 278 valence electrons. The average Bonchev–Trinajstić information content (AvgIpc) is 3.19. The van der Waals surface area contributed by atoms with Crippen molar-refractivity contribution in [2.75, 3.05) is 26.2 Å². The minimum absolute atomic E-state index is 0.105. The predicted octanol–water partition coefficient (Wildman–Crippen LogP) is 8.26. The molecule has 2 heterocycles. The highest BCUT2D eigenvalue weighted by Crippen LogP contribution is 2.31. The number of aryl methyl sites for hydroxylation is 1. The molecule has 2 amide bonds. The van der Waals surface area contributed by atoms with Crippen molar-refractivity contribution in [3.05, 3.63) is 166 Å². The van der Waals surface area contributed by atoms with E-state index in [9.17, 15) is 31.5 Å². The van der Waals surface area contributed by atoms with Gasteiger partial charge in [-0.25, -0.2) is 8.78 Å². The smallest absolute Gasteiger partial charge is 0.348 e. The van der Waals surface area contributed by atoms with Gasteiger partial charge in [0.25, 0.3) is 0 Å². The standard InChI is InChI=1S/C43H39F5N4O2/c1-29-10-15-34(40(45)39(29)44)28-51-21-23-52(24-22-51)42(54)37(26-30-7-3-2-4-8-30)36(25-31-13-18-35(19-14-31)43(46,47)48)41(53)50-27-32-11-16-33(17-12-32)38-9-5-6-20-49-38/h2-20,25,37H,21-24,26-28H2,1H3,(H,50,53)/t37-/m0/s1. The van der Waals surface area contributed by atoms with Crippen molar-refractivity contribution in [3.63, 3.8) is 0 Å². The Morgan fingerprint density at radius 3 is 2.13 bits per heavy atom. The molecule has 0 saturated carbocycles. The number of halogens is 5. The first-order valence-electron chi connectivity index (χ1n) is 17.6. The lowest BCUT2D eigenvalue weighted by atomic mass is 9.88. The largest absolute Gasteiger partial charge is 0.416 e. The van der Waals surface area contributed by atoms with Crippen LogP contribution in [0, 0.1) is 24.5 Å². The first-order chi connectivity index (χ1) is 26.0. The van der Waals surface area contributed by atoms with E-state index in [2.05, 4.69) is 10.3 Å². The molecule has 11 heteroatoms. The van der Waals surface area contributed by atoms with Gasteiger partial charge in [-0.2, -0.15) is 13.2 Å². The normalized spacial score (nSPS) is 14.5. The number of nitrogens with one attached hydrogen (secondary N) is 1. The van der Waals surface area contributed by atoms with E-state index >= 15 is 0 Å². The molecule has 54 heavy (non-hydrogen) atoms. The third-order valence-corrected chi connectivity index (χ3v) is 9.58. The van der Waals surface area contributed by atoms with Crippen LogP contribution in [0.25, 0.3) is 17.3 Å². The monoisotopic (exact) mass is 738 g/mol. The average molecular weight is 739 g/mol. The maximum atomic E-state index is 14.6. The van der Waals surface area contributed by atoms with Gasteiger partial charge in [-0.05, 0) is 65.9 Å². The van der Waals surface area contributed by atoms with Crippen molar-refractivity contribution in [2.24, 2.45) is 5.92 Å². The first kappa shape index (κ1) is 38.1. The number of hydrogen-bond acceptors (Lipinski definition) is 4. The van der Waals surface area contributed by atoms with Gasteiger partial charge >= 0.3 is 6.18 Å². The molecule has 0 aliphatic carbocycles. The minimum atomic E-state index is -4.54. The summed E-state index contributed by atoms with van der Waals surface area (Å²) in [6, 6.07) is 29.9. The fraction of sp³-hybridized carbons (Fsp3) is 0.233. The van der Waals surface area contributed by atoms with Gasteiger partial charge in [0.05, 0.1) is 17.2 Å². The summed E-state index contributed by atoms with van der Waals surface area (Å²) in [5.41, 5.74) is 3.34. The Hall–Kier alpha value is -5.68. The lowest BCUT2D eigenvalue weighted by Gasteiger charge is -2.37. The van der Waals surface area contributed by atoms with Crippen molar-refractivity contribution in [1.29, 1.82) is 0 Å². The quantitative estimate of drug-likeness (QED) is 0.110. The van der Waals surface area contributed by atoms with Crippen molar-refractivity contribution in [3.8, 4) is 11.3 Å². The van der Waals surface area contributed by atoms with E-state index in [-0.39, 0.29) is 55.2 Å². The molecule has 1 saturated heterocycles. The SMILES string of the molecule is Cc1ccc(CN2CCN(C(=O)[C@@H](Cc3ccccc3)C(=Cc3ccc(C(F)(F)F)cc3)C(=O)NCc3ccc(-c4ccccn4)cc3)CC2)c(F)c1F. The minimum Gasteiger partial charge on any atom is -0.348 e. The molecule has 1 N–H and O–H groups in total. The number of alkyl halides is 3. The zero-order valence-corrected chi connectivity index (χ0v) is 29.6. The maximum Gasteiger partial charge on any atom is 0.416 e. The van der Waals surface area contributed by atoms with Crippen LogP contribution in [0.2, 0.25) is 0 Å². The number of pyridine rings is 1. The van der Waals surface area contributed by atoms with E-state index in [0.29, 0.717) is 18.7 Å². The number of aromatic nitrogens is 1. The summed E-state index contributed by atoms with van der Waals surface area (Å²) in [6.45, 7) is 3.13. The zero-order chi connectivity index (χ0) is 38.2. The second-order valence-corrected chi connectivity index (χ2v) is 13.3. The maximum absolute atomic E-state index is 14.6. The van der Waals surface area contributed by atoms with Crippen LogP contribution in [0.3, 0.4) is 0 Å². The molecule has 1 aliphatic rings. The lowest BCUT2D eigenvalue weighted by Crippen LogP contribution is -2.51. The summed E-state index contributed by atoms with van der Waals surface area (Å²) >= 11 is 0. The molecule has 0 unspecified atom stereocenters. The molecule has 1 atom stereocenters. The Morgan fingerprint density at radius 1 is 0.796 bits per heavy atom. The fourth-order valence-corrected chi connectivity index (χ4v) is 6.46. The molecule has 1 aliphatic heterocycles. The number of nitrogens with zero attached hydrogens (tertiary/aromatic N) is 3. The third kappa shape index (κ3) is 9.45. The van der Waals surface area contributed by atoms with Crippen molar-refractivity contribution >= 4 is 17.9 Å². The number of carbonyl (C=O) groups is 2. The molecular formula is C43H39F5N4O2. The number of amides is 2. The Kier molecular flexibility index (Phi) is 12.0. The summed E-state index contributed by atoms with van der Waals surface area (Å²) in [6.07, 6.45) is -1.19. The number of hydrogen-bond donors (Lipinski definition) is 1. The summed E-state index contributed by atoms with van der Waals surface area (Å²) in [5.74, 6) is -3.61. The third-order valence-electron chi connectivity index (χ3n) is 9.58. The van der Waals surface area contributed by atoms with Crippen LogP contribution in [0.1, 0.15) is 33.4 Å². The molecule has 1 aromatic heterocycles. The molecule has 6 nitrogen and oxygen atoms in total. The van der Waals surface area contributed by atoms with Gasteiger partial charge in [-0.1, -0.05) is 84.9 Å². The molecule has 1 fully saturated rings. The van der Waals surface area contributed by atoms with Crippen LogP contribution in [-0.2, 0) is 35.3 Å². The van der Waals surface area contributed by atoms with E-state index in [1.807, 2.05) is 77.7 Å². The summed E-state index contributed by atoms with van der Waals surface area (Å²) < 4.78 is 69.1. The molecule has 4 aromatic carbocycles. The molecule has 0 bridgehead atoms. The zero-order valence-electron chi connectivity index (χ0n) is 29.6. The highest BCUT2D eigenvalue weighted by molar-refractivity contribution is 6.04. The van der Waals surface area contributed by atoms with Gasteiger partial charge in [0.15, 0.2) is 11.6 Å². The van der Waals surface area contributed by atoms with Crippen molar-refractivity contribution < 1.29 is 31.5 Å². The predicted molar refractivity (Wildman–Crippen MR) is 198 cm³/mol. The van der Waals surface area contributed by atoms with Crippen LogP contribution >= 0.6 is 0 Å². The van der Waals surface area contributed by atoms with Gasteiger partial charge in [-0.3, -0.25) is 19.5 Å². The molecule has 6 rings (SSSR count). The highest BCUT2D eigenvalue weighted by atomic mass is 19.4. The summed E-state index contributed by atoms with van der Waals surface area (Å²) in [7, 11) is 0. The highest BCUT2D eigenvalue weighted by Gasteiger charge is 2.34. The van der Waals surface area contributed by atoms with Gasteiger partial charge in [0, 0.05) is 62.2 Å². The van der Waals surface area contributed by atoms with E-state index in [4.69, 9.17) is 0 Å². The Labute approximate surface area is 311 Å². The number of carbonyl (C=O) groups excluding carboxylic acids is 2. The van der Waals surface area contributed by atoms with E-state index in [0.717, 1.165) is 34.5 Å². The van der Waals surface area contributed by atoms with E-state index in [1.165, 1.54) is 31.2 Å². The summed E-state index contributed by atoms with van der Waals surface area (Å²) in [5, 5.41) is 2.94. The topological polar surface area (TPSA) is 65.5 Å². The van der Waals surface area contributed by atoms with Gasteiger partial charge in [0.1, 0.15) is 0 Å². The number of rotatable bonds is 11. The van der Waals surface area contributed by atoms with Crippen molar-refractivity contribution in [1.82, 2.24) is 20.1 Å². The molecular weight excluding hydrogens is 699 g/mol. The van der Waals surface area contributed by atoms with Crippen LogP contribution in [-0.4, -0.2) is 52.8 Å². The summed E-state index contributed by atoms with van der Waals surface area (Å²) in [4.78, 5) is 36.6. The van der Waals surface area contributed by atoms with Crippen LogP contribution in [0.15, 0.2) is 121 Å². The Bertz CT molecular complexity index is 2080. The Morgan fingerprint density at radius 2 is 1.48 bits per heavy atom. The van der Waals surface area contributed by atoms with Gasteiger partial charge < -0.3 is 10.2 Å². The van der Waals surface area contributed by atoms with Crippen LogP contribution in [0.5, 0.6) is 0 Å².